The molecule has 2 heteroatoms. The van der Waals surface area contributed by atoms with Crippen LogP contribution in [0.25, 0.3) is 0 Å². The molecule has 1 rings (SSSR count). The number of rotatable bonds is 1. The van der Waals surface area contributed by atoms with E-state index in [9.17, 15) is 4.39 Å². The van der Waals surface area contributed by atoms with Crippen molar-refractivity contribution < 1.29 is 4.39 Å². The zero-order valence-corrected chi connectivity index (χ0v) is 4.65. The van der Waals surface area contributed by atoms with Crippen LogP contribution >= 0.6 is 0 Å². The maximum absolute atomic E-state index is 11.9. The van der Waals surface area contributed by atoms with Crippen LogP contribution in [0.1, 0.15) is 19.3 Å². The highest BCUT2D eigenvalue weighted by Gasteiger charge is 2.36. The van der Waals surface area contributed by atoms with E-state index >= 15 is 0 Å². The van der Waals surface area contributed by atoms with Crippen LogP contribution in [0.5, 0.6) is 0 Å². The van der Waals surface area contributed by atoms with Crippen molar-refractivity contribution in [3.63, 3.8) is 0 Å². The lowest BCUT2D eigenvalue weighted by atomic mass is 9.71. The summed E-state index contributed by atoms with van der Waals surface area (Å²) in [6, 6.07) is 1.99. The van der Waals surface area contributed by atoms with Gasteiger partial charge in [0.15, 0.2) is 0 Å². The third-order valence-electron chi connectivity index (χ3n) is 1.80. The molecule has 1 aliphatic rings. The predicted molar refractivity (Wildman–Crippen MR) is 27.9 cm³/mol. The van der Waals surface area contributed by atoms with Crippen molar-refractivity contribution in [3.05, 3.63) is 0 Å². The molecule has 0 radical (unpaired) electrons. The van der Waals surface area contributed by atoms with Crippen molar-refractivity contribution in [2.45, 2.75) is 19.3 Å². The van der Waals surface area contributed by atoms with E-state index in [4.69, 9.17) is 5.26 Å². The summed E-state index contributed by atoms with van der Waals surface area (Å²) >= 11 is 0. The second kappa shape index (κ2) is 1.74. The molecule has 0 spiro atoms. The SMILES string of the molecule is N#CC1(CF)CCC1. The Bertz CT molecular complexity index is 115. The van der Waals surface area contributed by atoms with E-state index in [1.54, 1.807) is 0 Å². The molecule has 0 unspecified atom stereocenters. The Labute approximate surface area is 48.1 Å². The van der Waals surface area contributed by atoms with Crippen LogP contribution in [-0.4, -0.2) is 6.67 Å². The summed E-state index contributed by atoms with van der Waals surface area (Å²) in [4.78, 5) is 0. The number of hydrogen-bond donors (Lipinski definition) is 0. The Balaban J connectivity index is 2.49. The van der Waals surface area contributed by atoms with Gasteiger partial charge in [0.1, 0.15) is 6.67 Å². The fourth-order valence-electron chi connectivity index (χ4n) is 0.879. The van der Waals surface area contributed by atoms with Crippen LogP contribution in [0.2, 0.25) is 0 Å². The highest BCUT2D eigenvalue weighted by Crippen LogP contribution is 2.40. The summed E-state index contributed by atoms with van der Waals surface area (Å²) in [7, 11) is 0. The lowest BCUT2D eigenvalue weighted by Gasteiger charge is -2.31. The van der Waals surface area contributed by atoms with E-state index in [0.29, 0.717) is 0 Å². The molecule has 44 valence electrons. The third kappa shape index (κ3) is 0.588. The molecular weight excluding hydrogens is 105 g/mol. The summed E-state index contributed by atoms with van der Waals surface area (Å²) in [6.07, 6.45) is 2.55. The minimum atomic E-state index is -0.556. The third-order valence-corrected chi connectivity index (χ3v) is 1.80. The smallest absolute Gasteiger partial charge is 0.108 e. The maximum atomic E-state index is 11.9. The quantitative estimate of drug-likeness (QED) is 0.507. The fraction of sp³-hybridized carbons (Fsp3) is 0.833. The van der Waals surface area contributed by atoms with Gasteiger partial charge in [0.25, 0.3) is 0 Å². The Morgan fingerprint density at radius 3 is 2.25 bits per heavy atom. The van der Waals surface area contributed by atoms with Crippen LogP contribution in [0.3, 0.4) is 0 Å². The molecule has 0 saturated heterocycles. The lowest BCUT2D eigenvalue weighted by molar-refractivity contribution is 0.160. The van der Waals surface area contributed by atoms with Crippen LogP contribution in [0.15, 0.2) is 0 Å². The standard InChI is InChI=1S/C6H8FN/c7-4-6(5-8)2-1-3-6/h1-4H2. The van der Waals surface area contributed by atoms with Gasteiger partial charge in [-0.2, -0.15) is 5.26 Å². The summed E-state index contributed by atoms with van der Waals surface area (Å²) < 4.78 is 11.9. The molecule has 1 saturated carbocycles. The number of halogens is 1. The number of alkyl halides is 1. The topological polar surface area (TPSA) is 23.8 Å². The number of nitrogens with zero attached hydrogens (tertiary/aromatic N) is 1. The minimum absolute atomic E-state index is 0.455. The summed E-state index contributed by atoms with van der Waals surface area (Å²) in [5.41, 5.74) is -0.556. The van der Waals surface area contributed by atoms with Crippen molar-refractivity contribution in [2.75, 3.05) is 6.67 Å². The van der Waals surface area contributed by atoms with Crippen molar-refractivity contribution in [3.8, 4) is 6.07 Å². The number of nitriles is 1. The van der Waals surface area contributed by atoms with E-state index in [1.807, 2.05) is 6.07 Å². The second-order valence-electron chi connectivity index (χ2n) is 2.38. The summed E-state index contributed by atoms with van der Waals surface area (Å²) in [6.45, 7) is -0.455. The van der Waals surface area contributed by atoms with Crippen LogP contribution in [-0.2, 0) is 0 Å². The highest BCUT2D eigenvalue weighted by molar-refractivity contribution is 5.04. The lowest BCUT2D eigenvalue weighted by Crippen LogP contribution is -2.29. The average Bonchev–Trinajstić information content (AvgIpc) is 1.67. The summed E-state index contributed by atoms with van der Waals surface area (Å²) in [5.74, 6) is 0. The molecule has 0 aliphatic heterocycles. The normalized spacial score (nSPS) is 23.5. The van der Waals surface area contributed by atoms with E-state index in [-0.39, 0.29) is 0 Å². The fourth-order valence-corrected chi connectivity index (χ4v) is 0.879. The average molecular weight is 113 g/mol. The van der Waals surface area contributed by atoms with Gasteiger partial charge < -0.3 is 0 Å². The van der Waals surface area contributed by atoms with Gasteiger partial charge in [-0.1, -0.05) is 6.42 Å². The first-order valence-corrected chi connectivity index (χ1v) is 2.80. The molecule has 0 amide bonds. The van der Waals surface area contributed by atoms with E-state index in [2.05, 4.69) is 0 Å². The van der Waals surface area contributed by atoms with E-state index in [1.165, 1.54) is 0 Å². The molecule has 0 atom stereocenters. The van der Waals surface area contributed by atoms with Gasteiger partial charge in [-0.25, -0.2) is 4.39 Å². The predicted octanol–water partition coefficient (Wildman–Crippen LogP) is 1.65. The van der Waals surface area contributed by atoms with Gasteiger partial charge in [0, 0.05) is 0 Å². The van der Waals surface area contributed by atoms with Gasteiger partial charge >= 0.3 is 0 Å². The first-order valence-electron chi connectivity index (χ1n) is 2.80. The molecule has 0 bridgehead atoms. The summed E-state index contributed by atoms with van der Waals surface area (Å²) in [5, 5.41) is 8.35. The second-order valence-corrected chi connectivity index (χ2v) is 2.38. The Hall–Kier alpha value is -0.580. The largest absolute Gasteiger partial charge is 0.249 e. The van der Waals surface area contributed by atoms with Gasteiger partial charge in [0.2, 0.25) is 0 Å². The molecule has 0 aromatic rings. The van der Waals surface area contributed by atoms with Crippen molar-refractivity contribution >= 4 is 0 Å². The first-order chi connectivity index (χ1) is 3.83. The molecule has 1 nitrogen and oxygen atoms in total. The van der Waals surface area contributed by atoms with Crippen molar-refractivity contribution in [1.82, 2.24) is 0 Å². The van der Waals surface area contributed by atoms with E-state index in [0.717, 1.165) is 19.3 Å². The molecule has 8 heavy (non-hydrogen) atoms. The minimum Gasteiger partial charge on any atom is -0.249 e. The highest BCUT2D eigenvalue weighted by atomic mass is 19.1. The number of hydrogen-bond acceptors (Lipinski definition) is 1. The molecule has 0 aromatic carbocycles. The van der Waals surface area contributed by atoms with Crippen LogP contribution in [0, 0.1) is 16.7 Å². The maximum Gasteiger partial charge on any atom is 0.108 e. The van der Waals surface area contributed by atoms with Crippen LogP contribution in [0.4, 0.5) is 4.39 Å². The Morgan fingerprint density at radius 1 is 1.62 bits per heavy atom. The van der Waals surface area contributed by atoms with Crippen molar-refractivity contribution in [2.24, 2.45) is 5.41 Å². The monoisotopic (exact) mass is 113 g/mol. The van der Waals surface area contributed by atoms with Crippen molar-refractivity contribution in [1.29, 1.82) is 5.26 Å². The van der Waals surface area contributed by atoms with Gasteiger partial charge in [-0.05, 0) is 12.8 Å². The molecule has 0 aromatic heterocycles. The molecule has 1 aliphatic carbocycles. The van der Waals surface area contributed by atoms with Crippen LogP contribution < -0.4 is 0 Å². The first kappa shape index (κ1) is 5.55. The molecule has 0 N–H and O–H groups in total. The Morgan fingerprint density at radius 2 is 2.25 bits per heavy atom. The van der Waals surface area contributed by atoms with Gasteiger partial charge in [-0.15, -0.1) is 0 Å². The molecule has 0 heterocycles. The molecule has 1 fully saturated rings. The van der Waals surface area contributed by atoms with Gasteiger partial charge in [0.05, 0.1) is 11.5 Å². The zero-order valence-electron chi connectivity index (χ0n) is 4.65. The molecular formula is C6H8FN. The van der Waals surface area contributed by atoms with Gasteiger partial charge in [-0.3, -0.25) is 0 Å². The van der Waals surface area contributed by atoms with E-state index < -0.39 is 12.1 Å². The zero-order chi connectivity index (χ0) is 6.04. The Kier molecular flexibility index (Phi) is 1.21.